The number of nitrogens with one attached hydrogen (secondary N) is 1. The SMILES string of the molecule is COC(=O)Cc1csc(NC(=O)c2csc(-c3cnn(C)c3)n2)n1. The molecule has 0 fully saturated rings. The van der Waals surface area contributed by atoms with Crippen LogP contribution >= 0.6 is 22.7 Å². The molecule has 0 saturated carbocycles. The molecule has 3 heterocycles. The maximum atomic E-state index is 12.2. The number of aryl methyl sites for hydroxylation is 1. The second kappa shape index (κ2) is 6.89. The Morgan fingerprint density at radius 3 is 2.83 bits per heavy atom. The van der Waals surface area contributed by atoms with E-state index in [4.69, 9.17) is 0 Å². The number of aromatic nitrogens is 4. The highest BCUT2D eigenvalue weighted by molar-refractivity contribution is 7.14. The summed E-state index contributed by atoms with van der Waals surface area (Å²) in [6.07, 6.45) is 3.60. The monoisotopic (exact) mass is 363 g/mol. The zero-order valence-electron chi connectivity index (χ0n) is 12.8. The van der Waals surface area contributed by atoms with Crippen molar-refractivity contribution in [1.29, 1.82) is 0 Å². The van der Waals surface area contributed by atoms with Gasteiger partial charge in [0.15, 0.2) is 5.13 Å². The van der Waals surface area contributed by atoms with Crippen LogP contribution in [0.3, 0.4) is 0 Å². The lowest BCUT2D eigenvalue weighted by atomic mass is 10.3. The number of carbonyl (C=O) groups excluding carboxylic acids is 2. The standard InChI is InChI=1S/C14H13N5O3S2/c1-19-5-8(4-15-19)13-17-10(7-23-13)12(21)18-14-16-9(6-24-14)3-11(20)22-2/h4-7H,3H2,1-2H3,(H,16,18,21). The number of nitrogens with zero attached hydrogens (tertiary/aromatic N) is 4. The fourth-order valence-electron chi connectivity index (χ4n) is 1.87. The van der Waals surface area contributed by atoms with Crippen LogP contribution in [0.15, 0.2) is 23.2 Å². The first-order chi connectivity index (χ1) is 11.5. The van der Waals surface area contributed by atoms with E-state index in [2.05, 4.69) is 25.1 Å². The Balaban J connectivity index is 1.67. The molecule has 3 aromatic heterocycles. The minimum Gasteiger partial charge on any atom is -0.469 e. The molecular weight excluding hydrogens is 350 g/mol. The molecule has 0 spiro atoms. The maximum absolute atomic E-state index is 12.2. The number of amides is 1. The molecular formula is C14H13N5O3S2. The van der Waals surface area contributed by atoms with E-state index in [-0.39, 0.29) is 18.3 Å². The molecule has 1 N–H and O–H groups in total. The molecule has 10 heteroatoms. The molecule has 0 unspecified atom stereocenters. The molecule has 0 radical (unpaired) electrons. The zero-order chi connectivity index (χ0) is 17.1. The molecule has 0 bridgehead atoms. The van der Waals surface area contributed by atoms with Crippen LogP contribution in [0.1, 0.15) is 16.2 Å². The van der Waals surface area contributed by atoms with Crippen molar-refractivity contribution in [2.24, 2.45) is 7.05 Å². The van der Waals surface area contributed by atoms with Gasteiger partial charge in [-0.15, -0.1) is 22.7 Å². The third-order valence-corrected chi connectivity index (χ3v) is 4.71. The maximum Gasteiger partial charge on any atom is 0.311 e. The second-order valence-electron chi connectivity index (χ2n) is 4.79. The molecule has 0 aliphatic rings. The summed E-state index contributed by atoms with van der Waals surface area (Å²) in [5, 5.41) is 11.3. The molecule has 0 aliphatic carbocycles. The van der Waals surface area contributed by atoms with Gasteiger partial charge in [-0.1, -0.05) is 0 Å². The van der Waals surface area contributed by atoms with Gasteiger partial charge < -0.3 is 4.74 Å². The summed E-state index contributed by atoms with van der Waals surface area (Å²) < 4.78 is 6.26. The van der Waals surface area contributed by atoms with Crippen LogP contribution < -0.4 is 5.32 Å². The first-order valence-electron chi connectivity index (χ1n) is 6.82. The van der Waals surface area contributed by atoms with Gasteiger partial charge >= 0.3 is 5.97 Å². The average Bonchev–Trinajstić information content (AvgIpc) is 3.27. The van der Waals surface area contributed by atoms with Crippen LogP contribution in [0, 0.1) is 0 Å². The Kier molecular flexibility index (Phi) is 4.67. The Hall–Kier alpha value is -2.59. The zero-order valence-corrected chi connectivity index (χ0v) is 14.5. The molecule has 124 valence electrons. The molecule has 0 aromatic carbocycles. The highest BCUT2D eigenvalue weighted by Gasteiger charge is 2.15. The van der Waals surface area contributed by atoms with Crippen LogP contribution in [0.2, 0.25) is 0 Å². The van der Waals surface area contributed by atoms with Gasteiger partial charge in [0, 0.05) is 29.6 Å². The smallest absolute Gasteiger partial charge is 0.311 e. The van der Waals surface area contributed by atoms with Gasteiger partial charge in [-0.3, -0.25) is 19.6 Å². The minimum atomic E-state index is -0.376. The van der Waals surface area contributed by atoms with Crippen LogP contribution in [0.5, 0.6) is 0 Å². The van der Waals surface area contributed by atoms with E-state index < -0.39 is 0 Å². The quantitative estimate of drug-likeness (QED) is 0.696. The van der Waals surface area contributed by atoms with Gasteiger partial charge in [-0.2, -0.15) is 5.10 Å². The van der Waals surface area contributed by atoms with E-state index in [1.807, 2.05) is 13.2 Å². The first kappa shape index (κ1) is 16.3. The number of hydrogen-bond donors (Lipinski definition) is 1. The Bertz CT molecular complexity index is 882. The van der Waals surface area contributed by atoms with Crippen molar-refractivity contribution in [2.45, 2.75) is 6.42 Å². The number of rotatable bonds is 5. The molecule has 3 rings (SSSR count). The lowest BCUT2D eigenvalue weighted by Gasteiger charge is -1.98. The largest absolute Gasteiger partial charge is 0.469 e. The van der Waals surface area contributed by atoms with Crippen LogP contribution in [0.25, 0.3) is 10.6 Å². The van der Waals surface area contributed by atoms with Crippen molar-refractivity contribution >= 4 is 39.7 Å². The summed E-state index contributed by atoms with van der Waals surface area (Å²) in [6.45, 7) is 0. The third kappa shape index (κ3) is 3.66. The molecule has 3 aromatic rings. The Morgan fingerprint density at radius 2 is 2.12 bits per heavy atom. The minimum absolute atomic E-state index is 0.0741. The van der Waals surface area contributed by atoms with Crippen molar-refractivity contribution in [3.63, 3.8) is 0 Å². The second-order valence-corrected chi connectivity index (χ2v) is 6.51. The lowest BCUT2D eigenvalue weighted by Crippen LogP contribution is -2.12. The van der Waals surface area contributed by atoms with Crippen molar-refractivity contribution in [3.8, 4) is 10.6 Å². The highest BCUT2D eigenvalue weighted by atomic mass is 32.1. The molecule has 0 aliphatic heterocycles. The summed E-state index contributed by atoms with van der Waals surface area (Å²) in [6, 6.07) is 0. The molecule has 1 amide bonds. The van der Waals surface area contributed by atoms with Gasteiger partial charge in [-0.05, 0) is 0 Å². The van der Waals surface area contributed by atoms with Crippen LogP contribution in [-0.4, -0.2) is 38.7 Å². The molecule has 0 atom stereocenters. The Labute approximate surface area is 145 Å². The predicted molar refractivity (Wildman–Crippen MR) is 90.1 cm³/mol. The number of carbonyl (C=O) groups is 2. The van der Waals surface area contributed by atoms with Gasteiger partial charge in [-0.25, -0.2) is 9.97 Å². The summed E-state index contributed by atoms with van der Waals surface area (Å²) in [5.41, 5.74) is 1.72. The van der Waals surface area contributed by atoms with Gasteiger partial charge in [0.25, 0.3) is 5.91 Å². The van der Waals surface area contributed by atoms with Crippen LogP contribution in [0.4, 0.5) is 5.13 Å². The first-order valence-corrected chi connectivity index (χ1v) is 8.58. The van der Waals surface area contributed by atoms with E-state index in [0.29, 0.717) is 16.5 Å². The highest BCUT2D eigenvalue weighted by Crippen LogP contribution is 2.24. The number of methoxy groups -OCH3 is 1. The third-order valence-electron chi connectivity index (χ3n) is 3.01. The van der Waals surface area contributed by atoms with E-state index in [1.54, 1.807) is 21.6 Å². The predicted octanol–water partition coefficient (Wildman–Crippen LogP) is 1.97. The lowest BCUT2D eigenvalue weighted by molar-refractivity contribution is -0.139. The summed E-state index contributed by atoms with van der Waals surface area (Å²) in [4.78, 5) is 31.9. The number of esters is 1. The molecule has 0 saturated heterocycles. The van der Waals surface area contributed by atoms with Crippen molar-refractivity contribution in [1.82, 2.24) is 19.7 Å². The van der Waals surface area contributed by atoms with E-state index in [1.165, 1.54) is 29.8 Å². The Morgan fingerprint density at radius 1 is 1.29 bits per heavy atom. The number of ether oxygens (including phenoxy) is 1. The topological polar surface area (TPSA) is 99.0 Å². The number of thiazole rings is 2. The fraction of sp³-hybridized carbons (Fsp3) is 0.214. The van der Waals surface area contributed by atoms with Crippen molar-refractivity contribution in [2.75, 3.05) is 12.4 Å². The van der Waals surface area contributed by atoms with Gasteiger partial charge in [0.05, 0.1) is 25.4 Å². The van der Waals surface area contributed by atoms with E-state index >= 15 is 0 Å². The van der Waals surface area contributed by atoms with E-state index in [0.717, 1.165) is 10.6 Å². The number of anilines is 1. The normalized spacial score (nSPS) is 10.6. The fourth-order valence-corrected chi connectivity index (χ4v) is 3.35. The average molecular weight is 363 g/mol. The number of hydrogen-bond acceptors (Lipinski definition) is 8. The molecule has 24 heavy (non-hydrogen) atoms. The van der Waals surface area contributed by atoms with Gasteiger partial charge in [0.2, 0.25) is 0 Å². The summed E-state index contributed by atoms with van der Waals surface area (Å²) in [7, 11) is 3.14. The van der Waals surface area contributed by atoms with Crippen molar-refractivity contribution in [3.05, 3.63) is 34.5 Å². The van der Waals surface area contributed by atoms with Crippen molar-refractivity contribution < 1.29 is 14.3 Å². The molecule has 8 nitrogen and oxygen atoms in total. The summed E-state index contributed by atoms with van der Waals surface area (Å²) >= 11 is 2.61. The van der Waals surface area contributed by atoms with Crippen LogP contribution in [-0.2, 0) is 23.0 Å². The van der Waals surface area contributed by atoms with Gasteiger partial charge in [0.1, 0.15) is 10.7 Å². The summed E-state index contributed by atoms with van der Waals surface area (Å²) in [5.74, 6) is -0.723. The van der Waals surface area contributed by atoms with E-state index in [9.17, 15) is 9.59 Å².